The second kappa shape index (κ2) is 7.66. The summed E-state index contributed by atoms with van der Waals surface area (Å²) in [6.07, 6.45) is 1.13. The molecule has 2 N–H and O–H groups in total. The summed E-state index contributed by atoms with van der Waals surface area (Å²) in [4.78, 5) is 26.2. The fourth-order valence-electron chi connectivity index (χ4n) is 1.41. The van der Waals surface area contributed by atoms with Gasteiger partial charge in [-0.15, -0.1) is 0 Å². The van der Waals surface area contributed by atoms with Crippen molar-refractivity contribution in [3.63, 3.8) is 0 Å². The smallest absolute Gasteiger partial charge is 0.407 e. The zero-order valence-electron chi connectivity index (χ0n) is 12.6. The Labute approximate surface area is 133 Å². The molecule has 7 heteroatoms. The van der Waals surface area contributed by atoms with E-state index >= 15 is 0 Å². The third-order valence-corrected chi connectivity index (χ3v) is 2.45. The van der Waals surface area contributed by atoms with Crippen molar-refractivity contribution in [3.05, 3.63) is 28.5 Å². The summed E-state index contributed by atoms with van der Waals surface area (Å²) >= 11 is 5.65. The number of hydrogen-bond acceptors (Lipinski definition) is 4. The third kappa shape index (κ3) is 6.46. The summed E-state index contributed by atoms with van der Waals surface area (Å²) < 4.78 is 5.07. The predicted molar refractivity (Wildman–Crippen MR) is 81.9 cm³/mol. The van der Waals surface area contributed by atoms with Crippen molar-refractivity contribution in [1.29, 1.82) is 0 Å². The Kier molecular flexibility index (Phi) is 6.20. The van der Waals surface area contributed by atoms with Gasteiger partial charge in [0.2, 0.25) is 0 Å². The summed E-state index contributed by atoms with van der Waals surface area (Å²) in [5.41, 5.74) is -0.289. The van der Waals surface area contributed by atoms with E-state index in [-0.39, 0.29) is 16.3 Å². The van der Waals surface area contributed by atoms with Gasteiger partial charge in [-0.1, -0.05) is 23.4 Å². The monoisotopic (exact) mass is 324 g/mol. The Hall–Kier alpha value is -2.26. The first-order valence-corrected chi connectivity index (χ1v) is 6.91. The fraction of sp³-hybridized carbons (Fsp3) is 0.400. The van der Waals surface area contributed by atoms with E-state index in [0.717, 1.165) is 0 Å². The number of pyridine rings is 1. The number of halogens is 1. The van der Waals surface area contributed by atoms with Crippen molar-refractivity contribution < 1.29 is 19.4 Å². The molecule has 0 saturated heterocycles. The fourth-order valence-corrected chi connectivity index (χ4v) is 1.56. The highest BCUT2D eigenvalue weighted by atomic mass is 35.5. The number of alkyl carbamates (subject to hydrolysis) is 1. The first-order chi connectivity index (χ1) is 10.2. The molecule has 0 spiro atoms. The normalized spacial score (nSPS) is 10.4. The van der Waals surface area contributed by atoms with Crippen LogP contribution in [0.1, 0.15) is 43.1 Å². The minimum atomic E-state index is -1.12. The summed E-state index contributed by atoms with van der Waals surface area (Å²) in [5.74, 6) is 4.34. The standard InChI is InChI=1S/C15H17ClN2O4/c1-15(2,3)22-14(21)17-7-5-4-6-10-9-18-12(16)8-11(10)13(19)20/h8-9H,5,7H2,1-3H3,(H,17,21)(H,19,20). The number of aromatic nitrogens is 1. The lowest BCUT2D eigenvalue weighted by molar-refractivity contribution is 0.0528. The lowest BCUT2D eigenvalue weighted by Crippen LogP contribution is -2.32. The van der Waals surface area contributed by atoms with E-state index in [1.54, 1.807) is 20.8 Å². The van der Waals surface area contributed by atoms with Crippen LogP contribution >= 0.6 is 11.6 Å². The molecule has 0 aliphatic rings. The van der Waals surface area contributed by atoms with Crippen molar-refractivity contribution in [2.75, 3.05) is 6.54 Å². The minimum Gasteiger partial charge on any atom is -0.478 e. The van der Waals surface area contributed by atoms with Gasteiger partial charge in [0, 0.05) is 19.2 Å². The SMILES string of the molecule is CC(C)(C)OC(=O)NCCC#Cc1cnc(Cl)cc1C(=O)O. The number of carbonyl (C=O) groups is 2. The minimum absolute atomic E-state index is 0.00685. The van der Waals surface area contributed by atoms with Crippen molar-refractivity contribution >= 4 is 23.7 Å². The molecule has 0 aliphatic carbocycles. The van der Waals surface area contributed by atoms with Gasteiger partial charge in [0.25, 0.3) is 0 Å². The van der Waals surface area contributed by atoms with E-state index < -0.39 is 17.7 Å². The topological polar surface area (TPSA) is 88.5 Å². The van der Waals surface area contributed by atoms with Crippen molar-refractivity contribution in [1.82, 2.24) is 10.3 Å². The summed E-state index contributed by atoms with van der Waals surface area (Å²) in [7, 11) is 0. The molecule has 0 radical (unpaired) electrons. The van der Waals surface area contributed by atoms with E-state index in [1.165, 1.54) is 12.3 Å². The van der Waals surface area contributed by atoms with E-state index in [2.05, 4.69) is 22.1 Å². The highest BCUT2D eigenvalue weighted by Crippen LogP contribution is 2.12. The first-order valence-electron chi connectivity index (χ1n) is 6.53. The van der Waals surface area contributed by atoms with Crippen LogP contribution in [-0.2, 0) is 4.74 Å². The summed E-state index contributed by atoms with van der Waals surface area (Å²) in [6.45, 7) is 5.61. The van der Waals surface area contributed by atoms with E-state index in [4.69, 9.17) is 21.4 Å². The van der Waals surface area contributed by atoms with Gasteiger partial charge in [0.1, 0.15) is 10.8 Å². The van der Waals surface area contributed by atoms with Gasteiger partial charge in [-0.05, 0) is 26.8 Å². The number of nitrogens with one attached hydrogen (secondary N) is 1. The van der Waals surface area contributed by atoms with E-state index in [9.17, 15) is 9.59 Å². The Morgan fingerprint density at radius 3 is 2.73 bits per heavy atom. The number of ether oxygens (including phenoxy) is 1. The Balaban J connectivity index is 2.55. The molecule has 0 fully saturated rings. The quantitative estimate of drug-likeness (QED) is 0.507. The molecule has 1 heterocycles. The van der Waals surface area contributed by atoms with Crippen LogP contribution in [0, 0.1) is 11.8 Å². The van der Waals surface area contributed by atoms with Gasteiger partial charge in [-0.25, -0.2) is 14.6 Å². The van der Waals surface area contributed by atoms with E-state index in [0.29, 0.717) is 13.0 Å². The Morgan fingerprint density at radius 1 is 1.45 bits per heavy atom. The Morgan fingerprint density at radius 2 is 2.14 bits per heavy atom. The number of amides is 1. The molecule has 0 aliphatic heterocycles. The highest BCUT2D eigenvalue weighted by Gasteiger charge is 2.15. The third-order valence-electron chi connectivity index (χ3n) is 2.24. The zero-order valence-corrected chi connectivity index (χ0v) is 13.3. The molecule has 1 rings (SSSR count). The van der Waals surface area contributed by atoms with Crippen LogP contribution in [0.2, 0.25) is 5.15 Å². The molecule has 6 nitrogen and oxygen atoms in total. The number of nitrogens with zero attached hydrogens (tertiary/aromatic N) is 1. The second-order valence-corrected chi connectivity index (χ2v) is 5.73. The zero-order chi connectivity index (χ0) is 16.8. The van der Waals surface area contributed by atoms with Crippen LogP contribution in [-0.4, -0.2) is 34.3 Å². The number of carboxylic acids is 1. The maximum absolute atomic E-state index is 11.4. The van der Waals surface area contributed by atoms with Gasteiger partial charge in [0.05, 0.1) is 11.1 Å². The van der Waals surface area contributed by atoms with Crippen LogP contribution in [0.15, 0.2) is 12.3 Å². The van der Waals surface area contributed by atoms with Gasteiger partial charge in [-0.2, -0.15) is 0 Å². The molecule has 0 bridgehead atoms. The van der Waals surface area contributed by atoms with Crippen molar-refractivity contribution in [2.45, 2.75) is 32.8 Å². The molecule has 0 saturated carbocycles. The first kappa shape index (κ1) is 17.8. The molecular formula is C15H17ClN2O4. The van der Waals surface area contributed by atoms with Crippen molar-refractivity contribution in [3.8, 4) is 11.8 Å². The molecular weight excluding hydrogens is 308 g/mol. The number of aromatic carboxylic acids is 1. The summed E-state index contributed by atoms with van der Waals surface area (Å²) in [6, 6.07) is 1.24. The lowest BCUT2D eigenvalue weighted by Gasteiger charge is -2.19. The predicted octanol–water partition coefficient (Wildman–Crippen LogP) is 2.70. The van der Waals surface area contributed by atoms with Gasteiger partial charge >= 0.3 is 12.1 Å². The summed E-state index contributed by atoms with van der Waals surface area (Å²) in [5, 5.41) is 11.7. The van der Waals surface area contributed by atoms with Crippen LogP contribution < -0.4 is 5.32 Å². The van der Waals surface area contributed by atoms with Crippen LogP contribution in [0.3, 0.4) is 0 Å². The Bertz CT molecular complexity index is 627. The van der Waals surface area contributed by atoms with E-state index in [1.807, 2.05) is 0 Å². The van der Waals surface area contributed by atoms with Crippen LogP contribution in [0.4, 0.5) is 4.79 Å². The molecule has 0 aromatic carbocycles. The average molecular weight is 325 g/mol. The largest absolute Gasteiger partial charge is 0.478 e. The maximum Gasteiger partial charge on any atom is 0.407 e. The number of carbonyl (C=O) groups excluding carboxylic acids is 1. The van der Waals surface area contributed by atoms with Gasteiger partial charge in [-0.3, -0.25) is 0 Å². The average Bonchev–Trinajstić information content (AvgIpc) is 2.37. The highest BCUT2D eigenvalue weighted by molar-refractivity contribution is 6.29. The number of carboxylic acid groups (broad SMARTS) is 1. The van der Waals surface area contributed by atoms with Gasteiger partial charge in [0.15, 0.2) is 0 Å². The molecule has 0 unspecified atom stereocenters. The van der Waals surface area contributed by atoms with Gasteiger partial charge < -0.3 is 15.2 Å². The molecule has 1 aromatic heterocycles. The molecule has 1 amide bonds. The van der Waals surface area contributed by atoms with Crippen molar-refractivity contribution in [2.24, 2.45) is 0 Å². The molecule has 0 atom stereocenters. The second-order valence-electron chi connectivity index (χ2n) is 5.34. The molecule has 1 aromatic rings. The number of rotatable bonds is 3. The molecule has 118 valence electrons. The maximum atomic E-state index is 11.4. The van der Waals surface area contributed by atoms with Crippen LogP contribution in [0.25, 0.3) is 0 Å². The lowest BCUT2D eigenvalue weighted by atomic mass is 10.1. The number of hydrogen-bond donors (Lipinski definition) is 2. The molecule has 22 heavy (non-hydrogen) atoms. The van der Waals surface area contributed by atoms with Crippen LogP contribution in [0.5, 0.6) is 0 Å².